The fourth-order valence-electron chi connectivity index (χ4n) is 6.46. The van der Waals surface area contributed by atoms with Crippen LogP contribution in [0.4, 0.5) is 0 Å². The Morgan fingerprint density at radius 2 is 0.947 bits per heavy atom. The van der Waals surface area contributed by atoms with E-state index in [4.69, 9.17) is 23.2 Å². The Kier molecular flexibility index (Phi) is 4.95. The van der Waals surface area contributed by atoms with Crippen LogP contribution >= 0.6 is 23.2 Å². The molecule has 0 unspecified atom stereocenters. The average Bonchev–Trinajstić information content (AvgIpc) is 3.45. The highest BCUT2D eigenvalue weighted by atomic mass is 35.5. The molecule has 0 saturated carbocycles. The number of hydrogen-bond donors (Lipinski definition) is 2. The average molecular weight is 539 g/mol. The third-order valence-corrected chi connectivity index (χ3v) is 8.81. The van der Waals surface area contributed by atoms with E-state index in [-0.39, 0.29) is 0 Å². The van der Waals surface area contributed by atoms with Crippen LogP contribution in [0, 0.1) is 0 Å². The minimum atomic E-state index is -1.68. The van der Waals surface area contributed by atoms with Crippen molar-refractivity contribution in [3.8, 4) is 0 Å². The highest BCUT2D eigenvalue weighted by molar-refractivity contribution is 6.32. The van der Waals surface area contributed by atoms with Crippen LogP contribution in [0.2, 0.25) is 10.0 Å². The number of nitrogens with zero attached hydrogens (tertiary/aromatic N) is 2. The van der Waals surface area contributed by atoms with Gasteiger partial charge in [-0.3, -0.25) is 0 Å². The molecule has 6 aromatic rings. The molecule has 2 heterocycles. The predicted molar refractivity (Wildman–Crippen MR) is 153 cm³/mol. The summed E-state index contributed by atoms with van der Waals surface area (Å²) in [6.45, 7) is 0. The molecule has 2 atom stereocenters. The summed E-state index contributed by atoms with van der Waals surface area (Å²) in [6.07, 6.45) is 0. The first-order valence-electron chi connectivity index (χ1n) is 12.4. The van der Waals surface area contributed by atoms with Crippen molar-refractivity contribution in [1.29, 1.82) is 0 Å². The number of aliphatic hydroxyl groups is 2. The largest absolute Gasteiger partial charge is 0.374 e. The number of benzene rings is 4. The SMILES string of the molecule is Cn1c([C@@]2(O)c3cccc(Cl)c3[C@](O)(c3cc4ccccc4n3C)c3cccc(Cl)c32)cc2ccccc21. The number of aromatic nitrogens is 2. The van der Waals surface area contributed by atoms with Gasteiger partial charge in [-0.25, -0.2) is 0 Å². The molecule has 0 fully saturated rings. The molecule has 0 radical (unpaired) electrons. The zero-order valence-electron chi connectivity index (χ0n) is 20.8. The van der Waals surface area contributed by atoms with Crippen LogP contribution in [0.1, 0.15) is 33.6 Å². The molecule has 2 N–H and O–H groups in total. The van der Waals surface area contributed by atoms with E-state index < -0.39 is 11.2 Å². The molecule has 1 aliphatic rings. The van der Waals surface area contributed by atoms with Crippen LogP contribution in [0.25, 0.3) is 21.8 Å². The molecule has 0 aliphatic heterocycles. The van der Waals surface area contributed by atoms with Gasteiger partial charge in [-0.1, -0.05) is 83.9 Å². The molecular formula is C32H24Cl2N2O2. The monoisotopic (exact) mass is 538 g/mol. The Bertz CT molecular complexity index is 1780. The topological polar surface area (TPSA) is 50.3 Å². The lowest BCUT2D eigenvalue weighted by Crippen LogP contribution is -2.46. The lowest BCUT2D eigenvalue weighted by molar-refractivity contribution is 0.0676. The van der Waals surface area contributed by atoms with Gasteiger partial charge in [0, 0.05) is 57.4 Å². The van der Waals surface area contributed by atoms with Crippen LogP contribution < -0.4 is 0 Å². The van der Waals surface area contributed by atoms with Gasteiger partial charge in [0.15, 0.2) is 11.2 Å². The number of hydrogen-bond acceptors (Lipinski definition) is 2. The van der Waals surface area contributed by atoms with Gasteiger partial charge >= 0.3 is 0 Å². The minimum absolute atomic E-state index is 0.359. The van der Waals surface area contributed by atoms with Crippen LogP contribution in [0.15, 0.2) is 97.1 Å². The molecule has 38 heavy (non-hydrogen) atoms. The molecule has 0 amide bonds. The molecule has 188 valence electrons. The van der Waals surface area contributed by atoms with Crippen LogP contribution in [0.3, 0.4) is 0 Å². The lowest BCUT2D eigenvalue weighted by atomic mass is 9.65. The first-order valence-corrected chi connectivity index (χ1v) is 13.2. The van der Waals surface area contributed by atoms with Crippen molar-refractivity contribution in [2.45, 2.75) is 11.2 Å². The second-order valence-corrected chi connectivity index (χ2v) is 10.9. The maximum Gasteiger partial charge on any atom is 0.157 e. The Hall–Kier alpha value is -3.54. The van der Waals surface area contributed by atoms with Crippen molar-refractivity contribution in [3.05, 3.63) is 141 Å². The smallest absolute Gasteiger partial charge is 0.157 e. The number of fused-ring (bicyclic) bond motifs is 4. The van der Waals surface area contributed by atoms with Crippen molar-refractivity contribution >= 4 is 45.0 Å². The first-order chi connectivity index (χ1) is 18.3. The summed E-state index contributed by atoms with van der Waals surface area (Å²) in [7, 11) is 3.86. The number of para-hydroxylation sites is 2. The Labute approximate surface area is 229 Å². The maximum absolute atomic E-state index is 12.9. The van der Waals surface area contributed by atoms with Crippen molar-refractivity contribution in [2.24, 2.45) is 14.1 Å². The second kappa shape index (κ2) is 7.98. The highest BCUT2D eigenvalue weighted by Crippen LogP contribution is 2.57. The van der Waals surface area contributed by atoms with E-state index in [0.717, 1.165) is 21.8 Å². The lowest BCUT2D eigenvalue weighted by Gasteiger charge is -2.45. The van der Waals surface area contributed by atoms with Gasteiger partial charge in [-0.15, -0.1) is 0 Å². The third-order valence-electron chi connectivity index (χ3n) is 8.18. The van der Waals surface area contributed by atoms with Crippen LogP contribution in [-0.4, -0.2) is 19.3 Å². The molecular weight excluding hydrogens is 515 g/mol. The van der Waals surface area contributed by atoms with Gasteiger partial charge in [-0.05, 0) is 47.2 Å². The molecule has 6 heteroatoms. The maximum atomic E-state index is 12.9. The van der Waals surface area contributed by atoms with Gasteiger partial charge < -0.3 is 19.3 Å². The summed E-state index contributed by atoms with van der Waals surface area (Å²) in [5, 5.41) is 28.6. The number of halogens is 2. The van der Waals surface area contributed by atoms with Gasteiger partial charge in [0.25, 0.3) is 0 Å². The Morgan fingerprint density at radius 3 is 1.34 bits per heavy atom. The Morgan fingerprint density at radius 1 is 0.553 bits per heavy atom. The quantitative estimate of drug-likeness (QED) is 0.253. The van der Waals surface area contributed by atoms with E-state index in [1.807, 2.05) is 96.0 Å². The molecule has 2 aromatic heterocycles. The molecule has 1 aliphatic carbocycles. The van der Waals surface area contributed by atoms with E-state index in [2.05, 4.69) is 0 Å². The summed E-state index contributed by atoms with van der Waals surface area (Å²) in [6, 6.07) is 30.7. The highest BCUT2D eigenvalue weighted by Gasteiger charge is 2.54. The van der Waals surface area contributed by atoms with Crippen molar-refractivity contribution in [3.63, 3.8) is 0 Å². The number of rotatable bonds is 2. The summed E-state index contributed by atoms with van der Waals surface area (Å²) < 4.78 is 3.96. The fraction of sp³-hybridized carbons (Fsp3) is 0.125. The first kappa shape index (κ1) is 23.6. The van der Waals surface area contributed by atoms with E-state index in [0.29, 0.717) is 43.7 Å². The van der Waals surface area contributed by atoms with Gasteiger partial charge in [0.1, 0.15) is 0 Å². The standard InChI is InChI=1S/C32H24Cl2N2O2/c1-35-25-15-5-3-9-19(25)17-27(35)31(37)21-11-7-14-24(34)30(21)32(38,22-12-8-13-23(33)29(22)31)28-18-20-10-4-6-16-26(20)36(28)2/h3-18,37-38H,1-2H3/t31-,32+. The summed E-state index contributed by atoms with van der Waals surface area (Å²) in [4.78, 5) is 0. The molecule has 0 spiro atoms. The van der Waals surface area contributed by atoms with Gasteiger partial charge in [0.2, 0.25) is 0 Å². The zero-order valence-corrected chi connectivity index (χ0v) is 22.3. The third kappa shape index (κ3) is 2.83. The van der Waals surface area contributed by atoms with Gasteiger partial charge in [0.05, 0.1) is 11.4 Å². The predicted octanol–water partition coefficient (Wildman–Crippen LogP) is 6.86. The zero-order chi connectivity index (χ0) is 26.4. The molecule has 7 rings (SSSR count). The van der Waals surface area contributed by atoms with E-state index in [1.54, 1.807) is 24.3 Å². The number of aryl methyl sites for hydroxylation is 2. The van der Waals surface area contributed by atoms with Crippen LogP contribution in [0.5, 0.6) is 0 Å². The summed E-state index contributed by atoms with van der Waals surface area (Å²) >= 11 is 13.9. The van der Waals surface area contributed by atoms with E-state index in [9.17, 15) is 10.2 Å². The second-order valence-electron chi connectivity index (χ2n) is 10.0. The molecule has 4 aromatic carbocycles. The van der Waals surface area contributed by atoms with Gasteiger partial charge in [-0.2, -0.15) is 0 Å². The Balaban J connectivity index is 1.66. The minimum Gasteiger partial charge on any atom is -0.374 e. The van der Waals surface area contributed by atoms with Crippen LogP contribution in [-0.2, 0) is 25.3 Å². The van der Waals surface area contributed by atoms with E-state index in [1.165, 1.54) is 0 Å². The van der Waals surface area contributed by atoms with E-state index >= 15 is 0 Å². The normalized spacial score (nSPS) is 20.6. The fourth-order valence-corrected chi connectivity index (χ4v) is 7.08. The summed E-state index contributed by atoms with van der Waals surface area (Å²) in [5.74, 6) is 0. The molecule has 0 saturated heterocycles. The van der Waals surface area contributed by atoms with Crippen molar-refractivity contribution < 1.29 is 10.2 Å². The summed E-state index contributed by atoms with van der Waals surface area (Å²) in [5.41, 5.74) is 1.71. The molecule has 0 bridgehead atoms. The molecule has 4 nitrogen and oxygen atoms in total. The van der Waals surface area contributed by atoms with Crippen molar-refractivity contribution in [2.75, 3.05) is 0 Å². The van der Waals surface area contributed by atoms with Crippen molar-refractivity contribution in [1.82, 2.24) is 9.13 Å².